The van der Waals surface area contributed by atoms with Gasteiger partial charge in [-0.15, -0.1) is 0 Å². The smallest absolute Gasteiger partial charge is 0.326 e. The number of carboxylic acids is 6. The van der Waals surface area contributed by atoms with Gasteiger partial charge in [0.1, 0.15) is 96.7 Å². The number of rotatable bonds is 75. The first-order chi connectivity index (χ1) is 65.9. The van der Waals surface area contributed by atoms with E-state index in [1.54, 1.807) is 34.6 Å². The summed E-state index contributed by atoms with van der Waals surface area (Å²) >= 11 is 3.94. The van der Waals surface area contributed by atoms with Crippen LogP contribution in [0.3, 0.4) is 0 Å². The van der Waals surface area contributed by atoms with Gasteiger partial charge in [0, 0.05) is 63.7 Å². The second-order valence-electron chi connectivity index (χ2n) is 33.6. The number of hydrogen-bond donors (Lipinski definition) is 33. The van der Waals surface area contributed by atoms with E-state index >= 15 is 0 Å². The van der Waals surface area contributed by atoms with Crippen LogP contribution in [0.4, 0.5) is 0 Å². The van der Waals surface area contributed by atoms with Gasteiger partial charge in [-0.1, -0.05) is 48.0 Å². The number of aliphatic carboxylic acids is 6. The van der Waals surface area contributed by atoms with Crippen LogP contribution in [0.1, 0.15) is 202 Å². The van der Waals surface area contributed by atoms with Crippen LogP contribution in [0.15, 0.2) is 0 Å². The summed E-state index contributed by atoms with van der Waals surface area (Å²) in [7, 11) is 0. The predicted octanol–water partition coefficient (Wildman–Crippen LogP) is -11.8. The lowest BCUT2D eigenvalue weighted by molar-refractivity contribution is -0.144. The highest BCUT2D eigenvalue weighted by Crippen LogP contribution is 2.17. The summed E-state index contributed by atoms with van der Waals surface area (Å²) in [4.78, 5) is 339. The molecule has 0 aromatic heterocycles. The molecule has 0 rings (SSSR count). The first-order valence-corrected chi connectivity index (χ1v) is 45.6. The van der Waals surface area contributed by atoms with Crippen LogP contribution in [-0.4, -0.2) is 324 Å². The molecular formula is C82H137N25O33S. The van der Waals surface area contributed by atoms with Crippen molar-refractivity contribution < 1.29 is 160 Å². The molecule has 0 aliphatic heterocycles. The Morgan fingerprint density at radius 1 is 0.305 bits per heavy atom. The van der Waals surface area contributed by atoms with Gasteiger partial charge >= 0.3 is 35.8 Å². The van der Waals surface area contributed by atoms with Crippen LogP contribution in [0.2, 0.25) is 0 Å². The number of unbranched alkanes of at least 4 members (excludes halogenated alkanes) is 1. The number of aliphatic hydroxyl groups is 1. The standard InChI is InChI=1S/C82H137N25O33S/c1-7-39(6)65(76(130)100-41(12-10-30-91-82(89)90)68(122)101-46(78(133)134)16-24-58(112)92-40(11-8-9-29-83)67(121)105-53(35-108)75(129)106-54(36-141)66(88)120)107-74(128)51(32-38(4)5)96-61(115)26-18-48(80(137)138)104-71(125)44(14-22-56(86)110)99-73(127)52(33-57(87)111)97-62(116)27-19-49(81(139)140)103-70(124)43(13-21-55(85)109)98-72(126)50(31-37(2)3)95-60(114)23-15-45(77(131)132)94-59(113)25-17-47(79(135)136)102-69(123)42(20-28-64(118)119)93-63(117)34-84/h37-54,65,108,141H,7-36,83-84H2,1-6H3,(H2,85,109)(H2,86,110)(H2,87,111)(H2,88,120)(H,92,112)(H,93,117)(H,94,113)(H,95,114)(H,96,115)(H,97,116)(H,98,126)(H,99,127)(H,100,130)(H,101,122)(H,102,123)(H,103,124)(H,104,125)(H,105,121)(H,106,129)(H,107,128)(H,118,119)(H,131,132)(H,133,134)(H,135,136)(H,137,138)(H,139,140)(H4,89,90,91)/t39-,40-,41-,42-,43-,44-,45-,46-,47-,48-,49-,50-,51-,52-,53-,54-,65-/m0/s1. The maximum absolute atomic E-state index is 14.4. The third-order valence-electron chi connectivity index (χ3n) is 20.9. The fourth-order valence-electron chi connectivity index (χ4n) is 13.1. The topological polar surface area (TPSA) is 996 Å². The third-order valence-corrected chi connectivity index (χ3v) is 21.3. The van der Waals surface area contributed by atoms with Crippen LogP contribution in [0.25, 0.3) is 0 Å². The van der Waals surface area contributed by atoms with E-state index in [9.17, 15) is 155 Å². The molecule has 0 aliphatic rings. The average molecular weight is 2030 g/mol. The Balaban J connectivity index is 6.70. The molecule has 0 heterocycles. The molecule has 0 radical (unpaired) electrons. The largest absolute Gasteiger partial charge is 0.481 e. The Bertz CT molecular complexity index is 4380. The fourth-order valence-corrected chi connectivity index (χ4v) is 13.3. The van der Waals surface area contributed by atoms with E-state index in [0.717, 1.165) is 0 Å². The summed E-state index contributed by atoms with van der Waals surface area (Å²) in [6, 6.07) is -27.6. The van der Waals surface area contributed by atoms with E-state index in [0.29, 0.717) is 6.42 Å². The van der Waals surface area contributed by atoms with Gasteiger partial charge in [-0.2, -0.15) is 12.6 Å². The van der Waals surface area contributed by atoms with Crippen molar-refractivity contribution in [2.24, 2.45) is 57.9 Å². The zero-order valence-corrected chi connectivity index (χ0v) is 79.8. The Kier molecular flexibility index (Phi) is 60.3. The van der Waals surface area contributed by atoms with Crippen LogP contribution in [-0.2, 0) is 125 Å². The van der Waals surface area contributed by atoms with Gasteiger partial charge in [-0.3, -0.25) is 106 Å². The van der Waals surface area contributed by atoms with Gasteiger partial charge in [0.2, 0.25) is 118 Å². The van der Waals surface area contributed by atoms with Crippen LogP contribution < -0.4 is 131 Å². The molecule has 0 bridgehead atoms. The van der Waals surface area contributed by atoms with E-state index in [1.807, 2.05) is 0 Å². The molecule has 141 heavy (non-hydrogen) atoms. The quantitative estimate of drug-likeness (QED) is 0.0116. The minimum atomic E-state index is -2.07. The zero-order chi connectivity index (χ0) is 108. The highest BCUT2D eigenvalue weighted by atomic mass is 32.1. The number of thiol groups is 1. The summed E-state index contributed by atoms with van der Waals surface area (Å²) < 4.78 is 0. The lowest BCUT2D eigenvalue weighted by Gasteiger charge is -2.29. The minimum absolute atomic E-state index is 0.0240. The van der Waals surface area contributed by atoms with E-state index < -0.39 is 397 Å². The van der Waals surface area contributed by atoms with E-state index in [-0.39, 0.29) is 63.8 Å². The van der Waals surface area contributed by atoms with Crippen molar-refractivity contribution in [3.63, 3.8) is 0 Å². The molecule has 58 nitrogen and oxygen atoms in total. The van der Waals surface area contributed by atoms with Gasteiger partial charge in [0.05, 0.1) is 19.6 Å². The molecule has 0 saturated heterocycles. The van der Waals surface area contributed by atoms with Crippen LogP contribution >= 0.6 is 12.6 Å². The highest BCUT2D eigenvalue weighted by molar-refractivity contribution is 7.80. The average Bonchev–Trinajstić information content (AvgIpc) is 0.850. The Labute approximate surface area is 814 Å². The third kappa shape index (κ3) is 53.5. The normalized spacial score (nSPS) is 14.6. The molecule has 0 aromatic rings. The number of nitrogens with one attached hydrogen (secondary N) is 18. The van der Waals surface area contributed by atoms with Crippen molar-refractivity contribution in [1.29, 1.82) is 5.41 Å². The molecule has 0 aliphatic carbocycles. The number of aliphatic hydroxyl groups excluding tert-OH is 1. The molecule has 39 N–H and O–H groups in total. The van der Waals surface area contributed by atoms with Crippen LogP contribution in [0, 0.1) is 23.2 Å². The van der Waals surface area contributed by atoms with Gasteiger partial charge < -0.3 is 166 Å². The highest BCUT2D eigenvalue weighted by Gasteiger charge is 2.40. The molecule has 794 valence electrons. The molecule has 20 amide bonds. The predicted molar refractivity (Wildman–Crippen MR) is 492 cm³/mol. The summed E-state index contributed by atoms with van der Waals surface area (Å²) in [6.45, 7) is 8.12. The van der Waals surface area contributed by atoms with Crippen molar-refractivity contribution in [3.8, 4) is 0 Å². The molecule has 0 saturated carbocycles. The summed E-state index contributed by atoms with van der Waals surface area (Å²) in [5.74, 6) is -34.5. The second kappa shape index (κ2) is 67.1. The number of carbonyl (C=O) groups is 26. The molecular weight excluding hydrogens is 1900 g/mol. The first-order valence-electron chi connectivity index (χ1n) is 44.9. The monoisotopic (exact) mass is 2030 g/mol. The van der Waals surface area contributed by atoms with Gasteiger partial charge in [0.15, 0.2) is 5.96 Å². The number of amides is 20. The number of carboxylic acid groups (broad SMARTS) is 6. The first kappa shape index (κ1) is 127. The lowest BCUT2D eigenvalue weighted by atomic mass is 9.96. The molecule has 0 fully saturated rings. The van der Waals surface area contributed by atoms with Crippen molar-refractivity contribution in [2.75, 3.05) is 32.0 Å². The summed E-state index contributed by atoms with van der Waals surface area (Å²) in [6.07, 6.45) is -12.4. The molecule has 0 unspecified atom stereocenters. The van der Waals surface area contributed by atoms with Gasteiger partial charge in [-0.05, 0) is 121 Å². The fraction of sp³-hybridized carbons (Fsp3) is 0.671. The number of nitrogens with two attached hydrogens (primary N) is 7. The Hall–Kier alpha value is -14.3. The van der Waals surface area contributed by atoms with E-state index in [1.165, 1.54) is 6.92 Å². The maximum atomic E-state index is 14.4. The van der Waals surface area contributed by atoms with E-state index in [2.05, 4.69) is 103 Å². The maximum Gasteiger partial charge on any atom is 0.326 e. The van der Waals surface area contributed by atoms with Crippen LogP contribution in [0.5, 0.6) is 0 Å². The summed E-state index contributed by atoms with van der Waals surface area (Å²) in [5, 5.41) is 116. The zero-order valence-electron chi connectivity index (χ0n) is 78.9. The molecule has 59 heteroatoms. The van der Waals surface area contributed by atoms with Crippen molar-refractivity contribution in [1.82, 2.24) is 90.4 Å². The number of hydrogen-bond acceptors (Lipinski definition) is 31. The molecule has 0 aromatic carbocycles. The molecule has 0 spiro atoms. The van der Waals surface area contributed by atoms with Crippen molar-refractivity contribution >= 4 is 173 Å². The SMILES string of the molecule is CC[C@H](C)[C@H](NC(=O)[C@H](CC(C)C)NC(=O)CC[C@H](NC(=O)[C@H](CCC(N)=O)NC(=O)[C@H](CC(N)=O)NC(=O)CC[C@H](NC(=O)[C@H](CCC(N)=O)NC(=O)[C@H](CC(C)C)NC(=O)CC[C@H](NC(=O)CC[C@H](NC(=O)[C@H](CCC(=O)O)NC(=O)CN)C(=O)O)C(=O)O)C(=O)O)C(=O)O)C(=O)N[C@@H](CCCNC(=N)N)C(=O)N[C@@H](CCC(=O)N[C@@H](CCCCN)C(=O)N[C@@H](CO)C(=O)N[C@@H](CS)C(N)=O)C(=O)O. The van der Waals surface area contributed by atoms with Crippen molar-refractivity contribution in [2.45, 2.75) is 299 Å². The Morgan fingerprint density at radius 2 is 0.582 bits per heavy atom. The second-order valence-corrected chi connectivity index (χ2v) is 34.0. The lowest BCUT2D eigenvalue weighted by Crippen LogP contribution is -2.59. The molecule has 17 atom stereocenters. The van der Waals surface area contributed by atoms with Crippen molar-refractivity contribution in [3.05, 3.63) is 0 Å². The summed E-state index contributed by atoms with van der Waals surface area (Å²) in [5.41, 5.74) is 37.7. The number of primary amides is 4. The van der Waals surface area contributed by atoms with E-state index in [4.69, 9.17) is 50.7 Å². The number of carbonyl (C=O) groups excluding carboxylic acids is 20. The Morgan fingerprint density at radius 3 is 0.908 bits per heavy atom. The van der Waals surface area contributed by atoms with Gasteiger partial charge in [0.25, 0.3) is 0 Å². The minimum Gasteiger partial charge on any atom is -0.481 e. The number of guanidine groups is 1. The van der Waals surface area contributed by atoms with Gasteiger partial charge in [-0.25, -0.2) is 24.0 Å².